The Labute approximate surface area is 106 Å². The largest absolute Gasteiger partial charge is 0.399 e. The van der Waals surface area contributed by atoms with E-state index in [0.29, 0.717) is 0 Å². The van der Waals surface area contributed by atoms with Gasteiger partial charge in [0.1, 0.15) is 0 Å². The Hall–Kier alpha value is -1.39. The first-order valence-electron chi connectivity index (χ1n) is 5.70. The van der Waals surface area contributed by atoms with E-state index in [4.69, 9.17) is 5.73 Å². The highest BCUT2D eigenvalue weighted by Crippen LogP contribution is 2.11. The predicted octanol–water partition coefficient (Wildman–Crippen LogP) is 2.37. The molecule has 0 aliphatic rings. The number of nitrogens with zero attached hydrogens (tertiary/aromatic N) is 1. The number of nitrogens with two attached hydrogens (primary N) is 1. The lowest BCUT2D eigenvalue weighted by atomic mass is 10.1. The number of aryl methyl sites for hydroxylation is 1. The molecule has 0 fully saturated rings. The normalized spacial score (nSPS) is 10.6. The lowest BCUT2D eigenvalue weighted by Crippen LogP contribution is -2.16. The van der Waals surface area contributed by atoms with Crippen molar-refractivity contribution < 1.29 is 0 Å². The molecule has 90 valence electrons. The van der Waals surface area contributed by atoms with Gasteiger partial charge in [-0.3, -0.25) is 0 Å². The zero-order valence-corrected chi connectivity index (χ0v) is 10.8. The van der Waals surface area contributed by atoms with Crippen LogP contribution in [0.4, 0.5) is 5.69 Å². The Morgan fingerprint density at radius 2 is 2.06 bits per heavy atom. The fourth-order valence-corrected chi connectivity index (χ4v) is 2.36. The summed E-state index contributed by atoms with van der Waals surface area (Å²) in [5.74, 6) is 0. The summed E-state index contributed by atoms with van der Waals surface area (Å²) in [5.41, 5.74) is 10.8. The molecule has 3 nitrogen and oxygen atoms in total. The van der Waals surface area contributed by atoms with E-state index >= 15 is 0 Å². The summed E-state index contributed by atoms with van der Waals surface area (Å²) in [6, 6.07) is 8.05. The molecule has 4 heteroatoms. The minimum Gasteiger partial charge on any atom is -0.399 e. The first kappa shape index (κ1) is 12.1. The van der Waals surface area contributed by atoms with Gasteiger partial charge in [-0.25, -0.2) is 4.98 Å². The molecule has 2 aromatic rings. The van der Waals surface area contributed by atoms with Crippen LogP contribution in [-0.2, 0) is 13.0 Å². The van der Waals surface area contributed by atoms with Crippen molar-refractivity contribution in [1.82, 2.24) is 10.3 Å². The molecule has 0 unspecified atom stereocenters. The Kier molecular flexibility index (Phi) is 4.12. The van der Waals surface area contributed by atoms with Gasteiger partial charge in [-0.1, -0.05) is 12.1 Å². The Morgan fingerprint density at radius 1 is 1.29 bits per heavy atom. The number of hydrogen-bond donors (Lipinski definition) is 2. The lowest BCUT2D eigenvalue weighted by Gasteiger charge is -2.04. The molecule has 0 atom stereocenters. The zero-order chi connectivity index (χ0) is 12.1. The van der Waals surface area contributed by atoms with Gasteiger partial charge in [-0.05, 0) is 37.6 Å². The number of thiazole rings is 1. The third-order valence-electron chi connectivity index (χ3n) is 2.70. The van der Waals surface area contributed by atoms with Crippen molar-refractivity contribution in [2.45, 2.75) is 19.9 Å². The van der Waals surface area contributed by atoms with E-state index < -0.39 is 0 Å². The molecule has 0 saturated heterocycles. The van der Waals surface area contributed by atoms with Gasteiger partial charge in [0.05, 0.1) is 11.2 Å². The van der Waals surface area contributed by atoms with Gasteiger partial charge in [0.15, 0.2) is 0 Å². The molecular weight excluding hydrogens is 230 g/mol. The molecule has 0 bridgehead atoms. The summed E-state index contributed by atoms with van der Waals surface area (Å²) in [6.07, 6.45) is 1.03. The number of nitrogen functional groups attached to an aromatic ring is 1. The highest BCUT2D eigenvalue weighted by molar-refractivity contribution is 7.09. The van der Waals surface area contributed by atoms with Crippen molar-refractivity contribution in [2.24, 2.45) is 0 Å². The van der Waals surface area contributed by atoms with Gasteiger partial charge in [0.25, 0.3) is 0 Å². The first-order chi connectivity index (χ1) is 8.25. The third-order valence-corrected chi connectivity index (χ3v) is 3.64. The van der Waals surface area contributed by atoms with Crippen molar-refractivity contribution >= 4 is 17.0 Å². The zero-order valence-electron chi connectivity index (χ0n) is 9.94. The van der Waals surface area contributed by atoms with Gasteiger partial charge in [-0.2, -0.15) is 0 Å². The van der Waals surface area contributed by atoms with Crippen LogP contribution in [0.5, 0.6) is 0 Å². The van der Waals surface area contributed by atoms with Crippen molar-refractivity contribution in [3.05, 3.63) is 45.9 Å². The maximum atomic E-state index is 5.64. The lowest BCUT2D eigenvalue weighted by molar-refractivity contribution is 0.690. The van der Waals surface area contributed by atoms with E-state index in [0.717, 1.165) is 30.9 Å². The molecule has 0 amide bonds. The number of nitrogens with one attached hydrogen (secondary N) is 1. The fourth-order valence-electron chi connectivity index (χ4n) is 1.61. The highest BCUT2D eigenvalue weighted by atomic mass is 32.1. The average Bonchev–Trinajstić information content (AvgIpc) is 2.73. The van der Waals surface area contributed by atoms with Gasteiger partial charge >= 0.3 is 0 Å². The minimum absolute atomic E-state index is 0.821. The summed E-state index contributed by atoms with van der Waals surface area (Å²) in [5, 5.41) is 3.43. The minimum atomic E-state index is 0.821. The van der Waals surface area contributed by atoms with E-state index in [1.807, 2.05) is 24.6 Å². The predicted molar refractivity (Wildman–Crippen MR) is 73.1 cm³/mol. The Balaban J connectivity index is 1.73. The molecule has 0 saturated carbocycles. The second-order valence-electron chi connectivity index (χ2n) is 4.03. The van der Waals surface area contributed by atoms with Crippen molar-refractivity contribution in [1.29, 1.82) is 0 Å². The van der Waals surface area contributed by atoms with Crippen LogP contribution in [0.1, 0.15) is 16.1 Å². The number of hydrogen-bond acceptors (Lipinski definition) is 4. The molecule has 0 aliphatic heterocycles. The second-order valence-corrected chi connectivity index (χ2v) is 4.97. The summed E-state index contributed by atoms with van der Waals surface area (Å²) >= 11 is 1.71. The molecule has 1 aromatic carbocycles. The quantitative estimate of drug-likeness (QED) is 0.630. The van der Waals surface area contributed by atoms with Gasteiger partial charge in [0, 0.05) is 17.1 Å². The number of anilines is 1. The van der Waals surface area contributed by atoms with Crippen molar-refractivity contribution in [3.63, 3.8) is 0 Å². The molecule has 3 N–H and O–H groups in total. The third kappa shape index (κ3) is 3.54. The smallest absolute Gasteiger partial charge is 0.0798 e. The van der Waals surface area contributed by atoms with E-state index in [-0.39, 0.29) is 0 Å². The molecule has 17 heavy (non-hydrogen) atoms. The molecule has 0 aliphatic carbocycles. The summed E-state index contributed by atoms with van der Waals surface area (Å²) < 4.78 is 0. The van der Waals surface area contributed by atoms with Crippen molar-refractivity contribution in [2.75, 3.05) is 12.3 Å². The van der Waals surface area contributed by atoms with Crippen LogP contribution in [0.25, 0.3) is 0 Å². The Bertz CT molecular complexity index is 462. The van der Waals surface area contributed by atoms with Crippen LogP contribution < -0.4 is 11.1 Å². The molecule has 0 radical (unpaired) electrons. The summed E-state index contributed by atoms with van der Waals surface area (Å²) in [4.78, 5) is 5.55. The molecule has 0 spiro atoms. The fraction of sp³-hybridized carbons (Fsp3) is 0.308. The highest BCUT2D eigenvalue weighted by Gasteiger charge is 2.00. The SMILES string of the molecule is Cc1ncsc1CNCCc1ccc(N)cc1. The van der Waals surface area contributed by atoms with Crippen LogP contribution in [0.2, 0.25) is 0 Å². The second kappa shape index (κ2) is 5.80. The average molecular weight is 247 g/mol. The van der Waals surface area contributed by atoms with E-state index in [2.05, 4.69) is 22.4 Å². The molecule has 2 rings (SSSR count). The number of benzene rings is 1. The summed E-state index contributed by atoms with van der Waals surface area (Å²) in [6.45, 7) is 3.93. The molecular formula is C13H17N3S. The molecule has 1 heterocycles. The number of aromatic nitrogens is 1. The van der Waals surface area contributed by atoms with Gasteiger partial charge in [0.2, 0.25) is 0 Å². The topological polar surface area (TPSA) is 50.9 Å². The maximum absolute atomic E-state index is 5.64. The van der Waals surface area contributed by atoms with E-state index in [9.17, 15) is 0 Å². The van der Waals surface area contributed by atoms with Crippen LogP contribution >= 0.6 is 11.3 Å². The van der Waals surface area contributed by atoms with Gasteiger partial charge in [-0.15, -0.1) is 11.3 Å². The van der Waals surface area contributed by atoms with Crippen molar-refractivity contribution in [3.8, 4) is 0 Å². The molecule has 1 aromatic heterocycles. The first-order valence-corrected chi connectivity index (χ1v) is 6.58. The maximum Gasteiger partial charge on any atom is 0.0798 e. The van der Waals surface area contributed by atoms with Crippen LogP contribution in [0.3, 0.4) is 0 Å². The van der Waals surface area contributed by atoms with Crippen LogP contribution in [0.15, 0.2) is 29.8 Å². The summed E-state index contributed by atoms with van der Waals surface area (Å²) in [7, 11) is 0. The van der Waals surface area contributed by atoms with Gasteiger partial charge < -0.3 is 11.1 Å². The monoisotopic (exact) mass is 247 g/mol. The van der Waals surface area contributed by atoms with E-state index in [1.54, 1.807) is 11.3 Å². The standard InChI is InChI=1S/C13H17N3S/c1-10-13(17-9-16-10)8-15-7-6-11-2-4-12(14)5-3-11/h2-5,9,15H,6-8,14H2,1H3. The number of rotatable bonds is 5. The van der Waals surface area contributed by atoms with E-state index in [1.165, 1.54) is 10.4 Å². The van der Waals surface area contributed by atoms with Crippen LogP contribution in [-0.4, -0.2) is 11.5 Å². The van der Waals surface area contributed by atoms with Crippen LogP contribution in [0, 0.1) is 6.92 Å². The Morgan fingerprint density at radius 3 is 2.71 bits per heavy atom.